The molecule has 1 saturated carbocycles. The predicted octanol–water partition coefficient (Wildman–Crippen LogP) is 1.25. The highest BCUT2D eigenvalue weighted by Crippen LogP contribution is 2.31. The van der Waals surface area contributed by atoms with E-state index < -0.39 is 5.91 Å². The van der Waals surface area contributed by atoms with Gasteiger partial charge in [-0.15, -0.1) is 0 Å². The molecule has 1 atom stereocenters. The van der Waals surface area contributed by atoms with Gasteiger partial charge in [-0.25, -0.2) is 0 Å². The van der Waals surface area contributed by atoms with Crippen LogP contribution in [0.15, 0.2) is 0 Å². The van der Waals surface area contributed by atoms with Crippen LogP contribution in [0.4, 0.5) is 0 Å². The summed E-state index contributed by atoms with van der Waals surface area (Å²) in [6.45, 7) is 6.04. The first-order valence-electron chi connectivity index (χ1n) is 6.37. The molecular formula is C13H24N2O2. The monoisotopic (exact) mass is 240 g/mol. The molecule has 0 bridgehead atoms. The van der Waals surface area contributed by atoms with E-state index in [0.717, 1.165) is 6.42 Å². The van der Waals surface area contributed by atoms with Crippen LogP contribution >= 0.6 is 0 Å². The van der Waals surface area contributed by atoms with E-state index in [0.29, 0.717) is 5.92 Å². The number of hydrogen-bond donors (Lipinski definition) is 2. The second kappa shape index (κ2) is 5.63. The molecule has 0 unspecified atom stereocenters. The minimum atomic E-state index is -0.494. The molecule has 0 aliphatic heterocycles. The highest BCUT2D eigenvalue weighted by Gasteiger charge is 2.31. The summed E-state index contributed by atoms with van der Waals surface area (Å²) in [6, 6.07) is -0.347. The molecule has 0 spiro atoms. The lowest BCUT2D eigenvalue weighted by Crippen LogP contribution is -2.52. The summed E-state index contributed by atoms with van der Waals surface area (Å²) in [6.07, 6.45) is 4.40. The van der Waals surface area contributed by atoms with Crippen LogP contribution in [-0.4, -0.2) is 30.3 Å². The molecule has 0 aromatic carbocycles. The number of likely N-dealkylation sites (N-methyl/N-ethyl adjacent to an activating group) is 1. The van der Waals surface area contributed by atoms with Gasteiger partial charge in [-0.3, -0.25) is 9.59 Å². The molecule has 1 amide bonds. The normalized spacial score (nSPS) is 18.4. The minimum absolute atomic E-state index is 0.155. The molecule has 0 saturated heterocycles. The zero-order valence-electron chi connectivity index (χ0n) is 11.3. The molecule has 17 heavy (non-hydrogen) atoms. The molecule has 0 heterocycles. The lowest BCUT2D eigenvalue weighted by Gasteiger charge is -2.33. The number of ketones is 1. The Hall–Kier alpha value is -0.900. The number of amides is 1. The van der Waals surface area contributed by atoms with Gasteiger partial charge in [0.1, 0.15) is 0 Å². The summed E-state index contributed by atoms with van der Waals surface area (Å²) in [5.74, 6) is -0.233. The first kappa shape index (κ1) is 14.2. The zero-order valence-corrected chi connectivity index (χ0v) is 11.3. The van der Waals surface area contributed by atoms with E-state index in [2.05, 4.69) is 10.6 Å². The van der Waals surface area contributed by atoms with Crippen molar-refractivity contribution in [3.8, 4) is 0 Å². The second-order valence-electron chi connectivity index (χ2n) is 5.92. The van der Waals surface area contributed by atoms with E-state index in [1.165, 1.54) is 26.3 Å². The van der Waals surface area contributed by atoms with Crippen molar-refractivity contribution in [3.63, 3.8) is 0 Å². The third-order valence-electron chi connectivity index (χ3n) is 3.17. The fourth-order valence-electron chi connectivity index (χ4n) is 2.10. The summed E-state index contributed by atoms with van der Waals surface area (Å²) in [5, 5.41) is 5.67. The maximum atomic E-state index is 12.0. The fourth-order valence-corrected chi connectivity index (χ4v) is 2.10. The average Bonchev–Trinajstić information content (AvgIpc) is 2.17. The van der Waals surface area contributed by atoms with E-state index in [1.807, 2.05) is 20.8 Å². The van der Waals surface area contributed by atoms with Crippen molar-refractivity contribution in [2.75, 3.05) is 7.05 Å². The fraction of sp³-hybridized carbons (Fsp3) is 0.846. The number of hydrogen-bond acceptors (Lipinski definition) is 3. The lowest BCUT2D eigenvalue weighted by atomic mass is 9.79. The Bertz CT molecular complexity index is 290. The van der Waals surface area contributed by atoms with Crippen molar-refractivity contribution in [1.82, 2.24) is 10.6 Å². The van der Waals surface area contributed by atoms with E-state index in [9.17, 15) is 9.59 Å². The molecule has 2 N–H and O–H groups in total. The van der Waals surface area contributed by atoms with Gasteiger partial charge in [0.05, 0.1) is 6.04 Å². The first-order chi connectivity index (χ1) is 7.83. The molecule has 1 fully saturated rings. The van der Waals surface area contributed by atoms with Gasteiger partial charge in [-0.2, -0.15) is 0 Å². The van der Waals surface area contributed by atoms with Crippen LogP contribution in [0, 0.1) is 5.92 Å². The van der Waals surface area contributed by atoms with Gasteiger partial charge < -0.3 is 10.6 Å². The Morgan fingerprint density at radius 1 is 1.29 bits per heavy atom. The average molecular weight is 240 g/mol. The van der Waals surface area contributed by atoms with Gasteiger partial charge in [-0.05, 0) is 33.1 Å². The molecule has 1 rings (SSSR count). The van der Waals surface area contributed by atoms with Crippen LogP contribution in [-0.2, 0) is 9.59 Å². The number of nitrogens with one attached hydrogen (secondary N) is 2. The summed E-state index contributed by atoms with van der Waals surface area (Å²) in [7, 11) is 1.50. The Kier molecular flexibility index (Phi) is 4.69. The Labute approximate surface area is 104 Å². The maximum absolute atomic E-state index is 12.0. The van der Waals surface area contributed by atoms with Gasteiger partial charge in [0.2, 0.25) is 5.78 Å². The van der Waals surface area contributed by atoms with Gasteiger partial charge >= 0.3 is 0 Å². The third kappa shape index (κ3) is 4.46. The second-order valence-corrected chi connectivity index (χ2v) is 5.92. The van der Waals surface area contributed by atoms with Crippen molar-refractivity contribution < 1.29 is 9.59 Å². The molecule has 1 aliphatic carbocycles. The summed E-state index contributed by atoms with van der Waals surface area (Å²) >= 11 is 0. The van der Waals surface area contributed by atoms with Crippen molar-refractivity contribution in [2.45, 2.75) is 58.0 Å². The van der Waals surface area contributed by atoms with Crippen LogP contribution in [0.25, 0.3) is 0 Å². The third-order valence-corrected chi connectivity index (χ3v) is 3.17. The molecule has 0 aromatic heterocycles. The van der Waals surface area contributed by atoms with Gasteiger partial charge in [-0.1, -0.05) is 19.3 Å². The van der Waals surface area contributed by atoms with Crippen LogP contribution in [0.5, 0.6) is 0 Å². The molecular weight excluding hydrogens is 216 g/mol. The number of rotatable bonds is 5. The van der Waals surface area contributed by atoms with Crippen LogP contribution < -0.4 is 10.6 Å². The van der Waals surface area contributed by atoms with Gasteiger partial charge in [0, 0.05) is 12.6 Å². The lowest BCUT2D eigenvalue weighted by molar-refractivity contribution is -0.139. The maximum Gasteiger partial charge on any atom is 0.288 e. The molecule has 0 aromatic rings. The van der Waals surface area contributed by atoms with E-state index >= 15 is 0 Å². The Balaban J connectivity index is 2.63. The van der Waals surface area contributed by atoms with Gasteiger partial charge in [0.25, 0.3) is 5.91 Å². The van der Waals surface area contributed by atoms with E-state index in [4.69, 9.17) is 0 Å². The standard InChI is InChI=1S/C13H24N2O2/c1-13(2,3)15-10(8-9-6-5-7-9)11(16)12(17)14-4/h9-10,15H,5-8H2,1-4H3,(H,14,17)/t10-/m0/s1. The Morgan fingerprint density at radius 2 is 1.88 bits per heavy atom. The van der Waals surface area contributed by atoms with E-state index in [1.54, 1.807) is 0 Å². The van der Waals surface area contributed by atoms with E-state index in [-0.39, 0.29) is 17.4 Å². The van der Waals surface area contributed by atoms with Crippen molar-refractivity contribution >= 4 is 11.7 Å². The van der Waals surface area contributed by atoms with Crippen LogP contribution in [0.3, 0.4) is 0 Å². The summed E-state index contributed by atoms with van der Waals surface area (Å²) in [4.78, 5) is 23.4. The summed E-state index contributed by atoms with van der Waals surface area (Å²) in [5.41, 5.74) is -0.155. The number of carbonyl (C=O) groups is 2. The quantitative estimate of drug-likeness (QED) is 0.711. The molecule has 1 aliphatic rings. The molecule has 0 radical (unpaired) electrons. The number of carbonyl (C=O) groups excluding carboxylic acids is 2. The number of Topliss-reactive ketones (excluding diaryl/α,β-unsaturated/α-hetero) is 1. The molecule has 98 valence electrons. The van der Waals surface area contributed by atoms with Crippen molar-refractivity contribution in [2.24, 2.45) is 5.92 Å². The Morgan fingerprint density at radius 3 is 2.24 bits per heavy atom. The molecule has 4 heteroatoms. The summed E-state index contributed by atoms with van der Waals surface area (Å²) < 4.78 is 0. The SMILES string of the molecule is CNC(=O)C(=O)[C@H](CC1CCC1)NC(C)(C)C. The molecule has 4 nitrogen and oxygen atoms in total. The minimum Gasteiger partial charge on any atom is -0.353 e. The van der Waals surface area contributed by atoms with Crippen molar-refractivity contribution in [1.29, 1.82) is 0 Å². The predicted molar refractivity (Wildman–Crippen MR) is 67.7 cm³/mol. The van der Waals surface area contributed by atoms with Gasteiger partial charge in [0.15, 0.2) is 0 Å². The van der Waals surface area contributed by atoms with Crippen molar-refractivity contribution in [3.05, 3.63) is 0 Å². The van der Waals surface area contributed by atoms with Crippen LogP contribution in [0.2, 0.25) is 0 Å². The highest BCUT2D eigenvalue weighted by molar-refractivity contribution is 6.38. The topological polar surface area (TPSA) is 58.2 Å². The smallest absolute Gasteiger partial charge is 0.288 e. The highest BCUT2D eigenvalue weighted by atomic mass is 16.2. The largest absolute Gasteiger partial charge is 0.353 e. The van der Waals surface area contributed by atoms with Crippen LogP contribution in [0.1, 0.15) is 46.5 Å². The first-order valence-corrected chi connectivity index (χ1v) is 6.37. The zero-order chi connectivity index (χ0) is 13.1.